The molecule has 0 saturated carbocycles. The summed E-state index contributed by atoms with van der Waals surface area (Å²) < 4.78 is 10.5. The molecule has 0 atom stereocenters. The smallest absolute Gasteiger partial charge is 0.230 e. The van der Waals surface area contributed by atoms with Gasteiger partial charge in [-0.1, -0.05) is 36.0 Å². The zero-order chi connectivity index (χ0) is 19.8. The van der Waals surface area contributed by atoms with E-state index in [4.69, 9.17) is 9.47 Å². The second kappa shape index (κ2) is 9.75. The number of amides is 1. The normalized spacial score (nSPS) is 10.4. The third kappa shape index (κ3) is 5.23. The average molecular weight is 395 g/mol. The molecule has 3 aromatic rings. The van der Waals surface area contributed by atoms with Gasteiger partial charge in [0.1, 0.15) is 16.5 Å². The predicted octanol–water partition coefficient (Wildman–Crippen LogP) is 3.57. The molecule has 0 aliphatic heterocycles. The Morgan fingerprint density at radius 3 is 2.61 bits per heavy atom. The van der Waals surface area contributed by atoms with E-state index in [1.807, 2.05) is 60.7 Å². The molecule has 0 aliphatic carbocycles. The van der Waals surface area contributed by atoms with E-state index < -0.39 is 0 Å². The van der Waals surface area contributed by atoms with Crippen LogP contribution >= 0.6 is 11.8 Å². The average Bonchev–Trinajstić information content (AvgIpc) is 2.76. The molecule has 144 valence electrons. The van der Waals surface area contributed by atoms with Gasteiger partial charge in [0, 0.05) is 12.1 Å². The Morgan fingerprint density at radius 2 is 1.86 bits per heavy atom. The van der Waals surface area contributed by atoms with Gasteiger partial charge in [-0.05, 0) is 42.0 Å². The van der Waals surface area contributed by atoms with E-state index >= 15 is 0 Å². The Hall–Kier alpha value is -3.06. The molecule has 3 rings (SSSR count). The Balaban J connectivity index is 1.52. The van der Waals surface area contributed by atoms with Gasteiger partial charge in [0.15, 0.2) is 0 Å². The topological polar surface area (TPSA) is 73.3 Å². The second-order valence-electron chi connectivity index (χ2n) is 5.87. The summed E-state index contributed by atoms with van der Waals surface area (Å²) >= 11 is 1.34. The number of ether oxygens (including phenoxy) is 2. The quantitative estimate of drug-likeness (QED) is 0.588. The lowest BCUT2D eigenvalue weighted by Crippen LogP contribution is -2.24. The molecule has 1 N–H and O–H groups in total. The zero-order valence-corrected chi connectivity index (χ0v) is 16.5. The highest BCUT2D eigenvalue weighted by Gasteiger charge is 2.09. The minimum atomic E-state index is -0.0663. The molecule has 0 bridgehead atoms. The van der Waals surface area contributed by atoms with Gasteiger partial charge in [-0.3, -0.25) is 4.79 Å². The monoisotopic (exact) mass is 395 g/mol. The number of methoxy groups -OCH3 is 2. The van der Waals surface area contributed by atoms with Gasteiger partial charge in [-0.15, -0.1) is 10.2 Å². The number of carbonyl (C=O) groups excluding carboxylic acids is 1. The number of thioether (sulfide) groups is 1. The number of para-hydroxylation sites is 1. The van der Waals surface area contributed by atoms with Crippen molar-refractivity contribution in [2.75, 3.05) is 20.0 Å². The van der Waals surface area contributed by atoms with E-state index in [0.29, 0.717) is 11.6 Å². The fraction of sp³-hybridized carbons (Fsp3) is 0.190. The van der Waals surface area contributed by atoms with Crippen molar-refractivity contribution in [2.45, 2.75) is 11.6 Å². The standard InChI is InChI=1S/C21H21N3O3S/c1-26-16-7-5-6-15(12-16)13-22-20(25)14-28-21-11-10-18(23-24-21)17-8-3-4-9-19(17)27-2/h3-12H,13-14H2,1-2H3,(H,22,25). The molecule has 28 heavy (non-hydrogen) atoms. The first kappa shape index (κ1) is 19.7. The third-order valence-corrected chi connectivity index (χ3v) is 4.92. The molecule has 0 spiro atoms. The number of nitrogens with one attached hydrogen (secondary N) is 1. The van der Waals surface area contributed by atoms with Crippen LogP contribution in [0.4, 0.5) is 0 Å². The molecule has 1 amide bonds. The molecule has 0 aliphatic rings. The summed E-state index contributed by atoms with van der Waals surface area (Å²) in [6.45, 7) is 0.453. The molecule has 1 aromatic heterocycles. The van der Waals surface area contributed by atoms with Crippen LogP contribution in [0.1, 0.15) is 5.56 Å². The fourth-order valence-corrected chi connectivity index (χ4v) is 3.21. The van der Waals surface area contributed by atoms with E-state index in [0.717, 1.165) is 28.3 Å². The molecular weight excluding hydrogens is 374 g/mol. The van der Waals surface area contributed by atoms with Crippen molar-refractivity contribution in [3.63, 3.8) is 0 Å². The summed E-state index contributed by atoms with van der Waals surface area (Å²) in [6.07, 6.45) is 0. The van der Waals surface area contributed by atoms with Gasteiger partial charge in [-0.2, -0.15) is 0 Å². The van der Waals surface area contributed by atoms with Crippen LogP contribution in [0.2, 0.25) is 0 Å². The SMILES string of the molecule is COc1cccc(CNC(=O)CSc2ccc(-c3ccccc3OC)nn2)c1. The predicted molar refractivity (Wildman–Crippen MR) is 110 cm³/mol. The third-order valence-electron chi connectivity index (χ3n) is 4.00. The number of hydrogen-bond donors (Lipinski definition) is 1. The number of rotatable bonds is 8. The summed E-state index contributed by atoms with van der Waals surface area (Å²) in [4.78, 5) is 12.1. The Labute approximate surface area is 168 Å². The van der Waals surface area contributed by atoms with Crippen LogP contribution in [-0.2, 0) is 11.3 Å². The maximum absolute atomic E-state index is 12.1. The van der Waals surface area contributed by atoms with Crippen molar-refractivity contribution in [3.8, 4) is 22.8 Å². The summed E-state index contributed by atoms with van der Waals surface area (Å²) in [5.41, 5.74) is 2.59. The van der Waals surface area contributed by atoms with E-state index in [1.54, 1.807) is 14.2 Å². The molecule has 0 saturated heterocycles. The Morgan fingerprint density at radius 1 is 1.00 bits per heavy atom. The van der Waals surface area contributed by atoms with Gasteiger partial charge in [0.2, 0.25) is 5.91 Å². The Kier molecular flexibility index (Phi) is 6.86. The van der Waals surface area contributed by atoms with Crippen molar-refractivity contribution >= 4 is 17.7 Å². The van der Waals surface area contributed by atoms with Crippen LogP contribution in [0.3, 0.4) is 0 Å². The maximum atomic E-state index is 12.1. The van der Waals surface area contributed by atoms with Crippen LogP contribution in [0, 0.1) is 0 Å². The van der Waals surface area contributed by atoms with Gasteiger partial charge < -0.3 is 14.8 Å². The summed E-state index contributed by atoms with van der Waals surface area (Å²) in [5.74, 6) is 1.72. The van der Waals surface area contributed by atoms with Crippen LogP contribution in [0.5, 0.6) is 11.5 Å². The lowest BCUT2D eigenvalue weighted by molar-refractivity contribution is -0.118. The highest BCUT2D eigenvalue weighted by Crippen LogP contribution is 2.28. The number of carbonyl (C=O) groups is 1. The van der Waals surface area contributed by atoms with Crippen molar-refractivity contribution in [3.05, 3.63) is 66.2 Å². The van der Waals surface area contributed by atoms with Crippen LogP contribution in [0.15, 0.2) is 65.7 Å². The first-order valence-electron chi connectivity index (χ1n) is 8.69. The van der Waals surface area contributed by atoms with Crippen molar-refractivity contribution in [2.24, 2.45) is 0 Å². The summed E-state index contributed by atoms with van der Waals surface area (Å²) in [6, 6.07) is 19.0. The summed E-state index contributed by atoms with van der Waals surface area (Å²) in [5, 5.41) is 12.0. The minimum absolute atomic E-state index is 0.0663. The highest BCUT2D eigenvalue weighted by molar-refractivity contribution is 7.99. The molecule has 2 aromatic carbocycles. The Bertz CT molecular complexity index is 932. The van der Waals surface area contributed by atoms with Crippen LogP contribution < -0.4 is 14.8 Å². The van der Waals surface area contributed by atoms with Gasteiger partial charge in [0.05, 0.1) is 25.7 Å². The fourth-order valence-electron chi connectivity index (χ4n) is 2.57. The van der Waals surface area contributed by atoms with Crippen molar-refractivity contribution in [1.29, 1.82) is 0 Å². The van der Waals surface area contributed by atoms with E-state index in [1.165, 1.54) is 11.8 Å². The number of benzene rings is 2. The van der Waals surface area contributed by atoms with Crippen molar-refractivity contribution < 1.29 is 14.3 Å². The first-order chi connectivity index (χ1) is 13.7. The largest absolute Gasteiger partial charge is 0.497 e. The number of aromatic nitrogens is 2. The lowest BCUT2D eigenvalue weighted by atomic mass is 10.1. The zero-order valence-electron chi connectivity index (χ0n) is 15.7. The highest BCUT2D eigenvalue weighted by atomic mass is 32.2. The molecule has 0 radical (unpaired) electrons. The maximum Gasteiger partial charge on any atom is 0.230 e. The first-order valence-corrected chi connectivity index (χ1v) is 9.67. The van der Waals surface area contributed by atoms with E-state index in [9.17, 15) is 4.79 Å². The van der Waals surface area contributed by atoms with Crippen LogP contribution in [0.25, 0.3) is 11.3 Å². The lowest BCUT2D eigenvalue weighted by Gasteiger charge is -2.08. The summed E-state index contributed by atoms with van der Waals surface area (Å²) in [7, 11) is 3.25. The van der Waals surface area contributed by atoms with Gasteiger partial charge >= 0.3 is 0 Å². The molecular formula is C21H21N3O3S. The second-order valence-corrected chi connectivity index (χ2v) is 6.87. The van der Waals surface area contributed by atoms with Gasteiger partial charge in [-0.25, -0.2) is 0 Å². The molecule has 0 fully saturated rings. The van der Waals surface area contributed by atoms with Gasteiger partial charge in [0.25, 0.3) is 0 Å². The van der Waals surface area contributed by atoms with E-state index in [2.05, 4.69) is 15.5 Å². The molecule has 7 heteroatoms. The van der Waals surface area contributed by atoms with E-state index in [-0.39, 0.29) is 11.7 Å². The molecule has 6 nitrogen and oxygen atoms in total. The molecule has 0 unspecified atom stereocenters. The van der Waals surface area contributed by atoms with Crippen molar-refractivity contribution in [1.82, 2.24) is 15.5 Å². The minimum Gasteiger partial charge on any atom is -0.497 e. The molecule has 1 heterocycles. The van der Waals surface area contributed by atoms with Crippen LogP contribution in [-0.4, -0.2) is 36.1 Å². The number of hydrogen-bond acceptors (Lipinski definition) is 6. The number of nitrogens with zero attached hydrogens (tertiary/aromatic N) is 2.